The van der Waals surface area contributed by atoms with E-state index in [1.807, 2.05) is 30.3 Å². The smallest absolute Gasteiger partial charge is 0.104 e. The normalized spacial score (nSPS) is 22.0. The van der Waals surface area contributed by atoms with Crippen molar-refractivity contribution in [2.24, 2.45) is 0 Å². The van der Waals surface area contributed by atoms with Crippen LogP contribution in [0.3, 0.4) is 0 Å². The number of hydrogen-bond acceptors (Lipinski definition) is 5. The van der Waals surface area contributed by atoms with Crippen molar-refractivity contribution in [1.29, 1.82) is 0 Å². The van der Waals surface area contributed by atoms with E-state index in [0.29, 0.717) is 18.6 Å². The highest BCUT2D eigenvalue weighted by Crippen LogP contribution is 2.27. The maximum atomic E-state index is 9.35. The van der Waals surface area contributed by atoms with Gasteiger partial charge in [-0.1, -0.05) is 36.4 Å². The van der Waals surface area contributed by atoms with Crippen LogP contribution in [0.4, 0.5) is 0 Å². The van der Waals surface area contributed by atoms with E-state index < -0.39 is 5.41 Å². The van der Waals surface area contributed by atoms with E-state index in [-0.39, 0.29) is 13.2 Å². The second-order valence-corrected chi connectivity index (χ2v) is 5.90. The van der Waals surface area contributed by atoms with Crippen LogP contribution in [0, 0.1) is 0 Å². The van der Waals surface area contributed by atoms with Gasteiger partial charge in [0, 0.05) is 5.41 Å². The number of allylic oxidation sites excluding steroid dienone is 1. The van der Waals surface area contributed by atoms with E-state index >= 15 is 0 Å². The molecule has 1 aromatic rings. The van der Waals surface area contributed by atoms with Gasteiger partial charge in [0.05, 0.1) is 39.6 Å². The summed E-state index contributed by atoms with van der Waals surface area (Å²) in [7, 11) is 0. The Kier molecular flexibility index (Phi) is 7.20. The molecule has 2 aliphatic rings. The van der Waals surface area contributed by atoms with Crippen LogP contribution in [0.25, 0.3) is 0 Å². The van der Waals surface area contributed by atoms with Crippen molar-refractivity contribution in [2.45, 2.75) is 24.0 Å². The van der Waals surface area contributed by atoms with Crippen LogP contribution in [0.1, 0.15) is 12.0 Å². The van der Waals surface area contributed by atoms with E-state index in [1.54, 1.807) is 6.08 Å². The van der Waals surface area contributed by atoms with Crippen molar-refractivity contribution in [2.75, 3.05) is 39.6 Å². The molecule has 2 atom stereocenters. The third-order valence-corrected chi connectivity index (χ3v) is 3.94. The van der Waals surface area contributed by atoms with Gasteiger partial charge in [-0.2, -0.15) is 0 Å². The minimum atomic E-state index is -0.580. The Bertz CT molecular complexity index is 438. The molecule has 5 heteroatoms. The number of epoxide rings is 2. The number of benzene rings is 1. The molecule has 0 spiro atoms. The van der Waals surface area contributed by atoms with Crippen LogP contribution in [-0.4, -0.2) is 62.1 Å². The molecule has 23 heavy (non-hydrogen) atoms. The summed E-state index contributed by atoms with van der Waals surface area (Å²) in [5.41, 5.74) is 0.369. The third-order valence-electron chi connectivity index (χ3n) is 3.94. The molecule has 0 bridgehead atoms. The van der Waals surface area contributed by atoms with Crippen molar-refractivity contribution < 1.29 is 24.4 Å². The van der Waals surface area contributed by atoms with Gasteiger partial charge in [-0.05, 0) is 12.0 Å². The van der Waals surface area contributed by atoms with E-state index in [9.17, 15) is 10.2 Å². The van der Waals surface area contributed by atoms with E-state index in [0.717, 1.165) is 32.0 Å². The summed E-state index contributed by atoms with van der Waals surface area (Å²) in [4.78, 5) is 0. The number of hydrogen-bond donors (Lipinski definition) is 2. The lowest BCUT2D eigenvalue weighted by Gasteiger charge is -2.29. The van der Waals surface area contributed by atoms with Crippen LogP contribution in [0.5, 0.6) is 0 Å². The highest BCUT2D eigenvalue weighted by Gasteiger charge is 2.29. The molecule has 2 saturated heterocycles. The molecular formula is C18H26O5. The van der Waals surface area contributed by atoms with Crippen molar-refractivity contribution in [3.63, 3.8) is 0 Å². The van der Waals surface area contributed by atoms with Crippen molar-refractivity contribution in [3.8, 4) is 0 Å². The first-order valence-electron chi connectivity index (χ1n) is 7.93. The van der Waals surface area contributed by atoms with Crippen LogP contribution in [-0.2, 0) is 19.6 Å². The van der Waals surface area contributed by atoms with Gasteiger partial charge in [-0.3, -0.25) is 0 Å². The molecule has 0 amide bonds. The molecule has 5 nitrogen and oxygen atoms in total. The molecule has 2 unspecified atom stereocenters. The molecule has 0 saturated carbocycles. The van der Waals surface area contributed by atoms with Gasteiger partial charge < -0.3 is 24.4 Å². The molecule has 0 aromatic heterocycles. The summed E-state index contributed by atoms with van der Waals surface area (Å²) in [6, 6.07) is 9.54. The topological polar surface area (TPSA) is 74.8 Å². The van der Waals surface area contributed by atoms with Crippen LogP contribution in [0.2, 0.25) is 0 Å². The van der Waals surface area contributed by atoms with Gasteiger partial charge in [0.2, 0.25) is 0 Å². The Hall–Kier alpha value is -1.24. The predicted molar refractivity (Wildman–Crippen MR) is 87.4 cm³/mol. The standard InChI is InChI=1S/C12H16O2.C6H10O3/c1-2-8-12(9-13,10-14)11-6-4-3-5-7-11;1(5-3-8-5)7-2-6-4-9-6/h2-7,13-14H,1,8-10H2;5-6H,1-4H2. The van der Waals surface area contributed by atoms with E-state index in [1.165, 1.54) is 0 Å². The van der Waals surface area contributed by atoms with Gasteiger partial charge in [0.1, 0.15) is 12.2 Å². The minimum Gasteiger partial charge on any atom is -0.395 e. The lowest BCUT2D eigenvalue weighted by molar-refractivity contribution is 0.102. The van der Waals surface area contributed by atoms with Crippen molar-refractivity contribution in [1.82, 2.24) is 0 Å². The first-order chi connectivity index (χ1) is 11.2. The minimum absolute atomic E-state index is 0.0699. The summed E-state index contributed by atoms with van der Waals surface area (Å²) in [6.07, 6.45) is 3.08. The number of rotatable bonds is 9. The van der Waals surface area contributed by atoms with Gasteiger partial charge in [0.15, 0.2) is 0 Å². The Morgan fingerprint density at radius 1 is 1.09 bits per heavy atom. The first-order valence-corrected chi connectivity index (χ1v) is 7.93. The molecule has 3 rings (SSSR count). The molecule has 2 fully saturated rings. The average molecular weight is 322 g/mol. The lowest BCUT2D eigenvalue weighted by atomic mass is 9.79. The third kappa shape index (κ3) is 6.05. The van der Waals surface area contributed by atoms with E-state index in [2.05, 4.69) is 6.58 Å². The van der Waals surface area contributed by atoms with Crippen LogP contribution < -0.4 is 0 Å². The highest BCUT2D eigenvalue weighted by atomic mass is 16.6. The summed E-state index contributed by atoms with van der Waals surface area (Å²) in [5.74, 6) is 0. The molecule has 2 heterocycles. The summed E-state index contributed by atoms with van der Waals surface area (Å²) >= 11 is 0. The van der Waals surface area contributed by atoms with Crippen molar-refractivity contribution >= 4 is 0 Å². The van der Waals surface area contributed by atoms with Crippen LogP contribution >= 0.6 is 0 Å². The SMILES string of the molecule is C(OCC1CO1)C1CO1.C=CCC(CO)(CO)c1ccccc1. The van der Waals surface area contributed by atoms with Gasteiger partial charge in [-0.15, -0.1) is 6.58 Å². The predicted octanol–water partition coefficient (Wildman–Crippen LogP) is 1.29. The van der Waals surface area contributed by atoms with E-state index in [4.69, 9.17) is 14.2 Å². The van der Waals surface area contributed by atoms with Crippen LogP contribution in [0.15, 0.2) is 43.0 Å². The fourth-order valence-electron chi connectivity index (χ4n) is 2.21. The van der Waals surface area contributed by atoms with Gasteiger partial charge >= 0.3 is 0 Å². The molecule has 128 valence electrons. The summed E-state index contributed by atoms with van der Waals surface area (Å²) in [6.45, 7) is 6.77. The number of aliphatic hydroxyl groups is 2. The summed E-state index contributed by atoms with van der Waals surface area (Å²) in [5, 5.41) is 18.7. The van der Waals surface area contributed by atoms with Gasteiger partial charge in [0.25, 0.3) is 0 Å². The Balaban J connectivity index is 0.000000182. The fraction of sp³-hybridized carbons (Fsp3) is 0.556. The second-order valence-electron chi connectivity index (χ2n) is 5.90. The Morgan fingerprint density at radius 3 is 2.00 bits per heavy atom. The lowest BCUT2D eigenvalue weighted by Crippen LogP contribution is -2.34. The van der Waals surface area contributed by atoms with Crippen molar-refractivity contribution in [3.05, 3.63) is 48.6 Å². The molecular weight excluding hydrogens is 296 g/mol. The molecule has 1 aromatic carbocycles. The molecule has 2 N–H and O–H groups in total. The summed E-state index contributed by atoms with van der Waals surface area (Å²) < 4.78 is 15.1. The molecule has 2 aliphatic heterocycles. The van der Waals surface area contributed by atoms with Gasteiger partial charge in [-0.25, -0.2) is 0 Å². The zero-order valence-corrected chi connectivity index (χ0v) is 13.4. The average Bonchev–Trinajstić information content (AvgIpc) is 3.50. The Morgan fingerprint density at radius 2 is 1.61 bits per heavy atom. The maximum absolute atomic E-state index is 9.35. The zero-order valence-electron chi connectivity index (χ0n) is 13.4. The largest absolute Gasteiger partial charge is 0.395 e. The second kappa shape index (κ2) is 9.15. The highest BCUT2D eigenvalue weighted by molar-refractivity contribution is 5.26. The maximum Gasteiger partial charge on any atom is 0.104 e. The Labute approximate surface area is 137 Å². The molecule has 0 aliphatic carbocycles. The fourth-order valence-corrected chi connectivity index (χ4v) is 2.21. The molecule has 0 radical (unpaired) electrons. The quantitative estimate of drug-likeness (QED) is 0.529. The monoisotopic (exact) mass is 322 g/mol. The first kappa shape index (κ1) is 18.1. The zero-order chi connectivity index (χ0) is 16.5. The number of ether oxygens (including phenoxy) is 3. The number of aliphatic hydroxyl groups excluding tert-OH is 2.